The van der Waals surface area contributed by atoms with E-state index in [9.17, 15) is 0 Å². The number of thiocarbonyl (C=S) groups is 1. The summed E-state index contributed by atoms with van der Waals surface area (Å²) < 4.78 is 1.83. The van der Waals surface area contributed by atoms with Gasteiger partial charge in [0.25, 0.3) is 0 Å². The minimum Gasteiger partial charge on any atom is -0.362 e. The molecule has 0 saturated carbocycles. The average molecular weight is 226 g/mol. The lowest BCUT2D eigenvalue weighted by Gasteiger charge is -2.11. The van der Waals surface area contributed by atoms with Crippen LogP contribution < -0.4 is 10.6 Å². The number of hydrogen-bond donors (Lipinski definition) is 2. The van der Waals surface area contributed by atoms with Crippen LogP contribution in [0.4, 0.5) is 0 Å². The fourth-order valence-electron chi connectivity index (χ4n) is 1.10. The number of aryl methyl sites for hydroxylation is 1. The second-order valence-corrected chi connectivity index (χ2v) is 4.31. The van der Waals surface area contributed by atoms with Gasteiger partial charge in [-0.05, 0) is 24.2 Å². The zero-order valence-electron chi connectivity index (χ0n) is 9.45. The molecule has 1 aromatic rings. The highest BCUT2D eigenvalue weighted by molar-refractivity contribution is 7.80. The Labute approximate surface area is 96.1 Å². The van der Waals surface area contributed by atoms with E-state index < -0.39 is 0 Å². The van der Waals surface area contributed by atoms with Crippen molar-refractivity contribution in [2.24, 2.45) is 13.0 Å². The third kappa shape index (κ3) is 4.29. The minimum absolute atomic E-state index is 0.599. The Kier molecular flexibility index (Phi) is 4.55. The summed E-state index contributed by atoms with van der Waals surface area (Å²) in [6.07, 6.45) is 1.78. The van der Waals surface area contributed by atoms with Gasteiger partial charge < -0.3 is 10.6 Å². The molecule has 0 atom stereocenters. The van der Waals surface area contributed by atoms with Crippen molar-refractivity contribution in [1.29, 1.82) is 0 Å². The van der Waals surface area contributed by atoms with Crippen molar-refractivity contribution < 1.29 is 0 Å². The third-order valence-electron chi connectivity index (χ3n) is 2.02. The molecule has 0 fully saturated rings. The maximum atomic E-state index is 5.14. The minimum atomic E-state index is 0.599. The van der Waals surface area contributed by atoms with Crippen LogP contribution in [0.15, 0.2) is 12.3 Å². The van der Waals surface area contributed by atoms with Crippen LogP contribution in [0.2, 0.25) is 0 Å². The Bertz CT molecular complexity index is 319. The van der Waals surface area contributed by atoms with Crippen molar-refractivity contribution in [3.05, 3.63) is 18.0 Å². The van der Waals surface area contributed by atoms with E-state index in [1.807, 2.05) is 17.8 Å². The Morgan fingerprint density at radius 1 is 1.53 bits per heavy atom. The molecule has 0 unspecified atom stereocenters. The molecule has 0 saturated heterocycles. The zero-order valence-corrected chi connectivity index (χ0v) is 10.3. The molecule has 2 N–H and O–H groups in total. The quantitative estimate of drug-likeness (QED) is 0.753. The molecule has 1 rings (SSSR count). The zero-order chi connectivity index (χ0) is 11.3. The summed E-state index contributed by atoms with van der Waals surface area (Å²) in [5, 5.41) is 11.1. The fourth-order valence-corrected chi connectivity index (χ4v) is 1.26. The molecule has 1 heterocycles. The molecule has 0 bridgehead atoms. The summed E-state index contributed by atoms with van der Waals surface area (Å²) in [5.74, 6) is 0.599. The smallest absolute Gasteiger partial charge is 0.166 e. The highest BCUT2D eigenvalue weighted by Crippen LogP contribution is 1.94. The normalized spacial score (nSPS) is 10.4. The van der Waals surface area contributed by atoms with E-state index >= 15 is 0 Å². The maximum absolute atomic E-state index is 5.14. The highest BCUT2D eigenvalue weighted by atomic mass is 32.1. The molecule has 0 aliphatic heterocycles. The SMILES string of the molecule is CC(C)CNC(=S)NCc1ccnn1C. The van der Waals surface area contributed by atoms with E-state index in [1.165, 1.54) is 0 Å². The van der Waals surface area contributed by atoms with Crippen LogP contribution in [0.5, 0.6) is 0 Å². The van der Waals surface area contributed by atoms with Gasteiger partial charge in [0, 0.05) is 19.8 Å². The summed E-state index contributed by atoms with van der Waals surface area (Å²) in [4.78, 5) is 0. The Morgan fingerprint density at radius 2 is 2.27 bits per heavy atom. The number of nitrogens with zero attached hydrogens (tertiary/aromatic N) is 2. The molecule has 0 aliphatic carbocycles. The highest BCUT2D eigenvalue weighted by Gasteiger charge is 2.00. The number of hydrogen-bond acceptors (Lipinski definition) is 2. The molecular weight excluding hydrogens is 208 g/mol. The topological polar surface area (TPSA) is 41.9 Å². The average Bonchev–Trinajstić information content (AvgIpc) is 2.58. The van der Waals surface area contributed by atoms with Crippen LogP contribution in [0.3, 0.4) is 0 Å². The summed E-state index contributed by atoms with van der Waals surface area (Å²) in [7, 11) is 1.92. The first-order valence-electron chi connectivity index (χ1n) is 5.08. The van der Waals surface area contributed by atoms with Crippen molar-refractivity contribution in [2.75, 3.05) is 6.54 Å². The van der Waals surface area contributed by atoms with Crippen molar-refractivity contribution >= 4 is 17.3 Å². The van der Waals surface area contributed by atoms with Gasteiger partial charge in [0.1, 0.15) is 0 Å². The molecular formula is C10H18N4S. The van der Waals surface area contributed by atoms with Gasteiger partial charge in [-0.25, -0.2) is 0 Å². The second kappa shape index (κ2) is 5.70. The molecule has 84 valence electrons. The molecule has 1 aromatic heterocycles. The maximum Gasteiger partial charge on any atom is 0.166 e. The summed E-state index contributed by atoms with van der Waals surface area (Å²) in [6, 6.07) is 1.97. The predicted octanol–water partition coefficient (Wildman–Crippen LogP) is 1.04. The lowest BCUT2D eigenvalue weighted by atomic mass is 10.2. The summed E-state index contributed by atoms with van der Waals surface area (Å²) in [6.45, 7) is 5.91. The van der Waals surface area contributed by atoms with Gasteiger partial charge in [0.05, 0.1) is 12.2 Å². The number of aromatic nitrogens is 2. The standard InChI is InChI=1S/C10H18N4S/c1-8(2)6-11-10(15)12-7-9-4-5-13-14(9)3/h4-5,8H,6-7H2,1-3H3,(H2,11,12,15). The van der Waals surface area contributed by atoms with Gasteiger partial charge >= 0.3 is 0 Å². The van der Waals surface area contributed by atoms with Crippen LogP contribution in [0, 0.1) is 5.92 Å². The van der Waals surface area contributed by atoms with Crippen molar-refractivity contribution in [3.8, 4) is 0 Å². The van der Waals surface area contributed by atoms with Gasteiger partial charge in [0.2, 0.25) is 0 Å². The first kappa shape index (κ1) is 12.0. The van der Waals surface area contributed by atoms with Crippen LogP contribution in [-0.2, 0) is 13.6 Å². The lowest BCUT2D eigenvalue weighted by molar-refractivity contribution is 0.616. The number of rotatable bonds is 4. The Balaban J connectivity index is 2.26. The van der Waals surface area contributed by atoms with E-state index in [4.69, 9.17) is 12.2 Å². The van der Waals surface area contributed by atoms with Crippen LogP contribution in [-0.4, -0.2) is 21.4 Å². The molecule has 4 nitrogen and oxygen atoms in total. The first-order chi connectivity index (χ1) is 7.09. The fraction of sp³-hybridized carbons (Fsp3) is 0.600. The monoisotopic (exact) mass is 226 g/mol. The van der Waals surface area contributed by atoms with Gasteiger partial charge in [0.15, 0.2) is 5.11 Å². The molecule has 0 aliphatic rings. The van der Waals surface area contributed by atoms with E-state index in [-0.39, 0.29) is 0 Å². The van der Waals surface area contributed by atoms with E-state index in [0.717, 1.165) is 12.2 Å². The molecule has 0 aromatic carbocycles. The Morgan fingerprint density at radius 3 is 2.80 bits per heavy atom. The van der Waals surface area contributed by atoms with E-state index in [2.05, 4.69) is 29.6 Å². The Hall–Kier alpha value is -1.10. The molecule has 15 heavy (non-hydrogen) atoms. The van der Waals surface area contributed by atoms with Gasteiger partial charge in [-0.3, -0.25) is 4.68 Å². The van der Waals surface area contributed by atoms with Crippen LogP contribution in [0.1, 0.15) is 19.5 Å². The van der Waals surface area contributed by atoms with Gasteiger partial charge in [-0.1, -0.05) is 13.8 Å². The molecule has 0 amide bonds. The van der Waals surface area contributed by atoms with Crippen molar-refractivity contribution in [3.63, 3.8) is 0 Å². The van der Waals surface area contributed by atoms with E-state index in [1.54, 1.807) is 6.20 Å². The molecule has 5 heteroatoms. The van der Waals surface area contributed by atoms with Gasteiger partial charge in [-0.2, -0.15) is 5.10 Å². The first-order valence-corrected chi connectivity index (χ1v) is 5.49. The predicted molar refractivity (Wildman–Crippen MR) is 65.5 cm³/mol. The molecule has 0 spiro atoms. The largest absolute Gasteiger partial charge is 0.362 e. The van der Waals surface area contributed by atoms with Gasteiger partial charge in [-0.15, -0.1) is 0 Å². The second-order valence-electron chi connectivity index (χ2n) is 3.90. The van der Waals surface area contributed by atoms with E-state index in [0.29, 0.717) is 17.6 Å². The summed E-state index contributed by atoms with van der Waals surface area (Å²) >= 11 is 5.14. The van der Waals surface area contributed by atoms with Crippen LogP contribution in [0.25, 0.3) is 0 Å². The summed E-state index contributed by atoms with van der Waals surface area (Å²) in [5.41, 5.74) is 1.11. The number of nitrogens with one attached hydrogen (secondary N) is 2. The van der Waals surface area contributed by atoms with Crippen molar-refractivity contribution in [2.45, 2.75) is 20.4 Å². The lowest BCUT2D eigenvalue weighted by Crippen LogP contribution is -2.37. The van der Waals surface area contributed by atoms with Crippen molar-refractivity contribution in [1.82, 2.24) is 20.4 Å². The third-order valence-corrected chi connectivity index (χ3v) is 2.31. The molecule has 0 radical (unpaired) electrons. The van der Waals surface area contributed by atoms with Crippen LogP contribution >= 0.6 is 12.2 Å².